The molecule has 1 amide bonds. The molecule has 25 heavy (non-hydrogen) atoms. The number of rotatable bonds is 7. The third-order valence-corrected chi connectivity index (χ3v) is 5.28. The van der Waals surface area contributed by atoms with Gasteiger partial charge in [0, 0.05) is 18.1 Å². The van der Waals surface area contributed by atoms with Crippen LogP contribution in [0.4, 0.5) is 0 Å². The monoisotopic (exact) mass is 356 g/mol. The SMILES string of the molecule is COc1ccc(-n2ccnc2SCC(=O)N[C@@](C)(C#N)C2CC2)cc1. The van der Waals surface area contributed by atoms with Crippen molar-refractivity contribution >= 4 is 17.7 Å². The minimum absolute atomic E-state index is 0.148. The number of carbonyl (C=O) groups excluding carboxylic acids is 1. The molecule has 0 radical (unpaired) electrons. The zero-order valence-electron chi connectivity index (χ0n) is 14.2. The molecule has 0 aliphatic heterocycles. The van der Waals surface area contributed by atoms with Crippen molar-refractivity contribution in [3.63, 3.8) is 0 Å². The Bertz CT molecular complexity index is 792. The van der Waals surface area contributed by atoms with Gasteiger partial charge in [0.1, 0.15) is 11.3 Å². The Morgan fingerprint density at radius 2 is 2.20 bits per heavy atom. The Kier molecular flexibility index (Phi) is 5.00. The summed E-state index contributed by atoms with van der Waals surface area (Å²) >= 11 is 1.35. The first-order valence-corrected chi connectivity index (χ1v) is 9.07. The van der Waals surface area contributed by atoms with E-state index in [2.05, 4.69) is 16.4 Å². The number of thioether (sulfide) groups is 1. The number of nitrogens with one attached hydrogen (secondary N) is 1. The van der Waals surface area contributed by atoms with Crippen molar-refractivity contribution in [3.8, 4) is 17.5 Å². The number of benzene rings is 1. The van der Waals surface area contributed by atoms with Gasteiger partial charge in [-0.2, -0.15) is 5.26 Å². The van der Waals surface area contributed by atoms with Crippen molar-refractivity contribution in [2.75, 3.05) is 12.9 Å². The van der Waals surface area contributed by atoms with Crippen LogP contribution < -0.4 is 10.1 Å². The summed E-state index contributed by atoms with van der Waals surface area (Å²) in [4.78, 5) is 16.6. The molecular weight excluding hydrogens is 336 g/mol. The smallest absolute Gasteiger partial charge is 0.231 e. The van der Waals surface area contributed by atoms with Gasteiger partial charge in [-0.25, -0.2) is 4.98 Å². The lowest BCUT2D eigenvalue weighted by Gasteiger charge is -2.22. The lowest BCUT2D eigenvalue weighted by Crippen LogP contribution is -2.47. The Labute approximate surface area is 151 Å². The molecule has 6 nitrogen and oxygen atoms in total. The van der Waals surface area contributed by atoms with E-state index in [0.717, 1.165) is 29.4 Å². The number of amides is 1. The molecule has 1 atom stereocenters. The molecule has 1 fully saturated rings. The van der Waals surface area contributed by atoms with Gasteiger partial charge in [-0.3, -0.25) is 9.36 Å². The van der Waals surface area contributed by atoms with E-state index < -0.39 is 5.54 Å². The maximum absolute atomic E-state index is 12.2. The van der Waals surface area contributed by atoms with Crippen LogP contribution in [0, 0.1) is 17.2 Å². The number of carbonyl (C=O) groups is 1. The van der Waals surface area contributed by atoms with Crippen LogP contribution in [-0.4, -0.2) is 33.9 Å². The van der Waals surface area contributed by atoms with E-state index in [0.29, 0.717) is 0 Å². The standard InChI is InChI=1S/C18H20N4O2S/c1-18(12-19,13-3-4-13)21-16(23)11-25-17-20-9-10-22(17)14-5-7-15(24-2)8-6-14/h5-10,13H,3-4,11H2,1-2H3,(H,21,23)/t18-/m0/s1. The van der Waals surface area contributed by atoms with Gasteiger partial charge in [0.2, 0.25) is 5.91 Å². The maximum Gasteiger partial charge on any atom is 0.231 e. The normalized spacial score (nSPS) is 15.9. The summed E-state index contributed by atoms with van der Waals surface area (Å²) in [5.41, 5.74) is 0.185. The third kappa shape index (κ3) is 3.97. The second kappa shape index (κ2) is 7.19. The number of nitriles is 1. The highest BCUT2D eigenvalue weighted by atomic mass is 32.2. The summed E-state index contributed by atoms with van der Waals surface area (Å²) in [6, 6.07) is 9.87. The number of nitrogens with zero attached hydrogens (tertiary/aromatic N) is 3. The predicted molar refractivity (Wildman–Crippen MR) is 95.7 cm³/mol. The van der Waals surface area contributed by atoms with Gasteiger partial charge in [-0.1, -0.05) is 11.8 Å². The lowest BCUT2D eigenvalue weighted by atomic mass is 9.98. The van der Waals surface area contributed by atoms with E-state index >= 15 is 0 Å². The molecule has 130 valence electrons. The second-order valence-corrected chi connectivity index (χ2v) is 7.15. The average molecular weight is 356 g/mol. The maximum atomic E-state index is 12.2. The zero-order valence-corrected chi connectivity index (χ0v) is 15.0. The fourth-order valence-corrected chi connectivity index (χ4v) is 3.45. The fraction of sp³-hybridized carbons (Fsp3) is 0.389. The van der Waals surface area contributed by atoms with Gasteiger partial charge < -0.3 is 10.1 Å². The highest BCUT2D eigenvalue weighted by Crippen LogP contribution is 2.39. The average Bonchev–Trinajstić information content (AvgIpc) is 3.39. The van der Waals surface area contributed by atoms with Crippen LogP contribution in [0.25, 0.3) is 5.69 Å². The van der Waals surface area contributed by atoms with Gasteiger partial charge in [0.05, 0.1) is 18.9 Å². The molecule has 1 N–H and O–H groups in total. The van der Waals surface area contributed by atoms with Crippen LogP contribution in [0.15, 0.2) is 41.8 Å². The summed E-state index contributed by atoms with van der Waals surface area (Å²) in [6.07, 6.45) is 5.55. The minimum Gasteiger partial charge on any atom is -0.497 e. The highest BCUT2D eigenvalue weighted by molar-refractivity contribution is 7.99. The van der Waals surface area contributed by atoms with Gasteiger partial charge in [-0.05, 0) is 49.9 Å². The fourth-order valence-electron chi connectivity index (χ4n) is 2.67. The van der Waals surface area contributed by atoms with Crippen molar-refractivity contribution < 1.29 is 9.53 Å². The van der Waals surface area contributed by atoms with E-state index in [1.807, 2.05) is 35.0 Å². The number of aromatic nitrogens is 2. The largest absolute Gasteiger partial charge is 0.497 e. The molecule has 7 heteroatoms. The summed E-state index contributed by atoms with van der Waals surface area (Å²) < 4.78 is 7.09. The van der Waals surface area contributed by atoms with Gasteiger partial charge in [0.25, 0.3) is 0 Å². The topological polar surface area (TPSA) is 79.9 Å². The molecule has 0 spiro atoms. The van der Waals surface area contributed by atoms with E-state index in [4.69, 9.17) is 4.74 Å². The number of ether oxygens (including phenoxy) is 1. The summed E-state index contributed by atoms with van der Waals surface area (Å²) in [5, 5.41) is 12.9. The molecular formula is C18H20N4O2S. The molecule has 1 aliphatic rings. The van der Waals surface area contributed by atoms with Crippen LogP contribution in [0.5, 0.6) is 5.75 Å². The molecule has 0 bridgehead atoms. The van der Waals surface area contributed by atoms with Crippen molar-refractivity contribution in [3.05, 3.63) is 36.7 Å². The van der Waals surface area contributed by atoms with Crippen LogP contribution in [-0.2, 0) is 4.79 Å². The Morgan fingerprint density at radius 1 is 1.48 bits per heavy atom. The first-order chi connectivity index (χ1) is 12.1. The van der Waals surface area contributed by atoms with Crippen molar-refractivity contribution in [1.82, 2.24) is 14.9 Å². The highest BCUT2D eigenvalue weighted by Gasteiger charge is 2.42. The van der Waals surface area contributed by atoms with E-state index in [9.17, 15) is 10.1 Å². The molecule has 2 aromatic rings. The quantitative estimate of drug-likeness (QED) is 0.772. The van der Waals surface area contributed by atoms with E-state index in [1.165, 1.54) is 11.8 Å². The molecule has 0 saturated heterocycles. The van der Waals surface area contributed by atoms with Gasteiger partial charge >= 0.3 is 0 Å². The molecule has 1 aromatic carbocycles. The van der Waals surface area contributed by atoms with Gasteiger partial charge in [0.15, 0.2) is 5.16 Å². The second-order valence-electron chi connectivity index (χ2n) is 6.20. The molecule has 3 rings (SSSR count). The van der Waals surface area contributed by atoms with Crippen molar-refractivity contribution in [2.24, 2.45) is 5.92 Å². The van der Waals surface area contributed by atoms with Crippen molar-refractivity contribution in [1.29, 1.82) is 5.26 Å². The summed E-state index contributed by atoms with van der Waals surface area (Å²) in [7, 11) is 1.63. The Morgan fingerprint density at radius 3 is 2.80 bits per heavy atom. The van der Waals surface area contributed by atoms with Crippen LogP contribution in [0.1, 0.15) is 19.8 Å². The molecule has 1 saturated carbocycles. The van der Waals surface area contributed by atoms with Gasteiger partial charge in [-0.15, -0.1) is 0 Å². The summed E-state index contributed by atoms with van der Waals surface area (Å²) in [5.74, 6) is 1.13. The minimum atomic E-state index is -0.761. The number of hydrogen-bond acceptors (Lipinski definition) is 5. The van der Waals surface area contributed by atoms with Crippen LogP contribution in [0.2, 0.25) is 0 Å². The molecule has 1 aliphatic carbocycles. The summed E-state index contributed by atoms with van der Waals surface area (Å²) in [6.45, 7) is 1.80. The predicted octanol–water partition coefficient (Wildman–Crippen LogP) is 2.78. The Balaban J connectivity index is 1.63. The number of hydrogen-bond donors (Lipinski definition) is 1. The molecule has 1 aromatic heterocycles. The van der Waals surface area contributed by atoms with E-state index in [-0.39, 0.29) is 17.6 Å². The first kappa shape index (κ1) is 17.4. The third-order valence-electron chi connectivity index (χ3n) is 4.31. The molecule has 0 unspecified atom stereocenters. The zero-order chi connectivity index (χ0) is 17.9. The molecule has 1 heterocycles. The lowest BCUT2D eigenvalue weighted by molar-refractivity contribution is -0.119. The first-order valence-electron chi connectivity index (χ1n) is 8.08. The van der Waals surface area contributed by atoms with Crippen molar-refractivity contribution in [2.45, 2.75) is 30.5 Å². The van der Waals surface area contributed by atoms with Crippen LogP contribution >= 0.6 is 11.8 Å². The van der Waals surface area contributed by atoms with Crippen LogP contribution in [0.3, 0.4) is 0 Å². The number of imidazole rings is 1. The van der Waals surface area contributed by atoms with E-state index in [1.54, 1.807) is 20.2 Å². The number of methoxy groups -OCH3 is 1. The Hall–Kier alpha value is -2.46.